The molecular weight excluding hydrogens is 587 g/mol. The molecule has 10 nitrogen and oxygen atoms in total. The average molecular weight is 630 g/mol. The molecule has 43 heavy (non-hydrogen) atoms. The van der Waals surface area contributed by atoms with Crippen LogP contribution >= 0.6 is 11.3 Å². The maximum atomic E-state index is 13.6. The minimum atomic E-state index is -4.08. The first-order valence-electron chi connectivity index (χ1n) is 14.6. The number of hydrogen-bond acceptors (Lipinski definition) is 8. The number of thiazole rings is 1. The molecule has 4 rings (SSSR count). The van der Waals surface area contributed by atoms with Gasteiger partial charge in [-0.1, -0.05) is 36.4 Å². The van der Waals surface area contributed by atoms with E-state index in [4.69, 9.17) is 9.72 Å². The third-order valence-corrected chi connectivity index (χ3v) is 10.2. The molecule has 5 N–H and O–H groups in total. The number of amides is 2. The summed E-state index contributed by atoms with van der Waals surface area (Å²) in [4.78, 5) is 18.1. The number of nitrogens with one attached hydrogen (secondary N) is 4. The van der Waals surface area contributed by atoms with Gasteiger partial charge in [0, 0.05) is 36.0 Å². The van der Waals surface area contributed by atoms with Gasteiger partial charge in [0.1, 0.15) is 0 Å². The van der Waals surface area contributed by atoms with E-state index in [1.165, 1.54) is 17.4 Å². The van der Waals surface area contributed by atoms with E-state index in [-0.39, 0.29) is 17.6 Å². The summed E-state index contributed by atoms with van der Waals surface area (Å²) in [6.45, 7) is 7.75. The lowest BCUT2D eigenvalue weighted by molar-refractivity contribution is 0.0546. The van der Waals surface area contributed by atoms with Crippen molar-refractivity contribution >= 4 is 33.1 Å². The third kappa shape index (κ3) is 9.56. The summed E-state index contributed by atoms with van der Waals surface area (Å²) in [6.07, 6.45) is 5.94. The van der Waals surface area contributed by atoms with Crippen molar-refractivity contribution in [2.24, 2.45) is 0 Å². The topological polar surface area (TPSA) is 142 Å². The molecule has 0 bridgehead atoms. The monoisotopic (exact) mass is 629 g/mol. The standard InChI is InChI=1S/C31H43N5O5S2/c1-21(2)41-20-34-24-12-10-23(11-13-24)29-32-18-27(42-29)26-15-14-25(16-28(26)43(39,40)36-31(3,4)19-37)35-30(38)33-17-22-8-6-5-7-9-22/h5-9,14-16,18,21,23-24,34,36-37H,10-13,17,19-20H2,1-4H3,(H2,33,35,38)/t23-,24-. The van der Waals surface area contributed by atoms with Crippen molar-refractivity contribution in [2.45, 2.75) is 88.4 Å². The molecule has 1 aromatic heterocycles. The highest BCUT2D eigenvalue weighted by Gasteiger charge is 2.30. The second-order valence-electron chi connectivity index (χ2n) is 11.8. The minimum absolute atomic E-state index is 0.00291. The van der Waals surface area contributed by atoms with Gasteiger partial charge < -0.3 is 20.5 Å². The van der Waals surface area contributed by atoms with Gasteiger partial charge in [-0.05, 0) is 71.1 Å². The number of rotatable bonds is 13. The number of nitrogens with zero attached hydrogens (tertiary/aromatic N) is 1. The van der Waals surface area contributed by atoms with E-state index < -0.39 is 21.6 Å². The van der Waals surface area contributed by atoms with E-state index in [1.54, 1.807) is 32.2 Å². The number of sulfonamides is 1. The predicted molar refractivity (Wildman–Crippen MR) is 171 cm³/mol. The SMILES string of the molecule is CC(C)OCN[C@H]1CC[C@H](c2ncc(-c3ccc(NC(=O)NCc4ccccc4)cc3S(=O)(=O)NC(C)(C)CO)s2)CC1. The van der Waals surface area contributed by atoms with Crippen LogP contribution in [0.4, 0.5) is 10.5 Å². The molecule has 1 saturated carbocycles. The highest BCUT2D eigenvalue weighted by atomic mass is 32.2. The summed E-state index contributed by atoms with van der Waals surface area (Å²) in [5.41, 5.74) is 0.672. The number of ether oxygens (including phenoxy) is 1. The molecule has 1 heterocycles. The van der Waals surface area contributed by atoms with E-state index in [0.717, 1.165) is 41.1 Å². The van der Waals surface area contributed by atoms with Gasteiger partial charge in [-0.25, -0.2) is 22.9 Å². The van der Waals surface area contributed by atoms with Gasteiger partial charge in [0.05, 0.1) is 39.8 Å². The smallest absolute Gasteiger partial charge is 0.319 e. The predicted octanol–water partition coefficient (Wildman–Crippen LogP) is 5.18. The zero-order chi connectivity index (χ0) is 31.0. The van der Waals surface area contributed by atoms with E-state index in [0.29, 0.717) is 36.5 Å². The highest BCUT2D eigenvalue weighted by Crippen LogP contribution is 2.40. The van der Waals surface area contributed by atoms with Crippen molar-refractivity contribution in [3.8, 4) is 10.4 Å². The summed E-state index contributed by atoms with van der Waals surface area (Å²) in [5, 5.41) is 19.7. The molecule has 0 aliphatic heterocycles. The second-order valence-corrected chi connectivity index (χ2v) is 14.5. The van der Waals surface area contributed by atoms with Crippen molar-refractivity contribution < 1.29 is 23.1 Å². The van der Waals surface area contributed by atoms with Gasteiger partial charge >= 0.3 is 6.03 Å². The Bertz CT molecular complexity index is 1450. The second kappa shape index (κ2) is 14.7. The number of hydrogen-bond donors (Lipinski definition) is 5. The van der Waals surface area contributed by atoms with Gasteiger partial charge in [0.2, 0.25) is 10.0 Å². The molecule has 1 fully saturated rings. The molecule has 3 aromatic rings. The highest BCUT2D eigenvalue weighted by molar-refractivity contribution is 7.89. The van der Waals surface area contributed by atoms with Crippen LogP contribution in [0.5, 0.6) is 0 Å². The molecule has 234 valence electrons. The third-order valence-electron chi connectivity index (χ3n) is 7.28. The van der Waals surface area contributed by atoms with Gasteiger partial charge in [-0.2, -0.15) is 0 Å². The molecule has 0 saturated heterocycles. The summed E-state index contributed by atoms with van der Waals surface area (Å²) >= 11 is 1.50. The van der Waals surface area contributed by atoms with Crippen LogP contribution in [0.3, 0.4) is 0 Å². The van der Waals surface area contributed by atoms with Gasteiger partial charge in [0.25, 0.3) is 0 Å². The number of aliphatic hydroxyl groups excluding tert-OH is 1. The molecule has 0 radical (unpaired) electrons. The van der Waals surface area contributed by atoms with Gasteiger partial charge in [-0.15, -0.1) is 11.3 Å². The molecule has 1 aliphatic carbocycles. The van der Waals surface area contributed by atoms with Crippen molar-refractivity contribution in [1.29, 1.82) is 0 Å². The van der Waals surface area contributed by atoms with Crippen LogP contribution in [-0.4, -0.2) is 55.6 Å². The average Bonchev–Trinajstić information content (AvgIpc) is 3.47. The van der Waals surface area contributed by atoms with Crippen LogP contribution in [0.15, 0.2) is 59.6 Å². The van der Waals surface area contributed by atoms with Crippen LogP contribution in [0.25, 0.3) is 10.4 Å². The zero-order valence-electron chi connectivity index (χ0n) is 25.2. The van der Waals surface area contributed by atoms with Crippen LogP contribution in [0.1, 0.15) is 69.9 Å². The summed E-state index contributed by atoms with van der Waals surface area (Å²) in [5.74, 6) is 0.309. The van der Waals surface area contributed by atoms with E-state index in [9.17, 15) is 18.3 Å². The number of aliphatic hydroxyl groups is 1. The summed E-state index contributed by atoms with van der Waals surface area (Å²) in [7, 11) is -4.08. The first-order valence-corrected chi connectivity index (χ1v) is 16.9. The fourth-order valence-electron chi connectivity index (χ4n) is 4.91. The lowest BCUT2D eigenvalue weighted by atomic mass is 9.86. The Morgan fingerprint density at radius 2 is 1.84 bits per heavy atom. The Hall–Kier alpha value is -2.87. The zero-order valence-corrected chi connectivity index (χ0v) is 26.9. The number of carbonyl (C=O) groups is 1. The van der Waals surface area contributed by atoms with E-state index in [1.807, 2.05) is 44.2 Å². The van der Waals surface area contributed by atoms with Crippen LogP contribution in [0.2, 0.25) is 0 Å². The van der Waals surface area contributed by atoms with Crippen molar-refractivity contribution in [3.05, 3.63) is 65.3 Å². The molecule has 12 heteroatoms. The maximum absolute atomic E-state index is 13.6. The fourth-order valence-corrected chi connectivity index (χ4v) is 7.75. The van der Waals surface area contributed by atoms with Crippen LogP contribution in [0, 0.1) is 0 Å². The summed E-state index contributed by atoms with van der Waals surface area (Å²) < 4.78 is 35.5. The van der Waals surface area contributed by atoms with Crippen LogP contribution in [-0.2, 0) is 21.3 Å². The lowest BCUT2D eigenvalue weighted by Crippen LogP contribution is -2.46. The Balaban J connectivity index is 1.52. The Morgan fingerprint density at radius 1 is 1.12 bits per heavy atom. The number of carbonyl (C=O) groups excluding carboxylic acids is 1. The summed E-state index contributed by atoms with van der Waals surface area (Å²) in [6, 6.07) is 14.3. The van der Waals surface area contributed by atoms with Crippen molar-refractivity contribution in [1.82, 2.24) is 20.3 Å². The fraction of sp³-hybridized carbons (Fsp3) is 0.484. The van der Waals surface area contributed by atoms with Gasteiger partial charge in [0.15, 0.2) is 0 Å². The van der Waals surface area contributed by atoms with Crippen molar-refractivity contribution in [2.75, 3.05) is 18.7 Å². The number of anilines is 1. The van der Waals surface area contributed by atoms with Crippen LogP contribution < -0.4 is 20.7 Å². The Kier molecular flexibility index (Phi) is 11.3. The molecule has 0 unspecified atom stereocenters. The number of benzene rings is 2. The van der Waals surface area contributed by atoms with Gasteiger partial charge in [-0.3, -0.25) is 5.32 Å². The molecule has 0 spiro atoms. The number of urea groups is 1. The molecule has 2 amide bonds. The van der Waals surface area contributed by atoms with E-state index in [2.05, 4.69) is 20.7 Å². The molecular formula is C31H43N5O5S2. The Morgan fingerprint density at radius 3 is 2.51 bits per heavy atom. The quantitative estimate of drug-likeness (QED) is 0.164. The maximum Gasteiger partial charge on any atom is 0.319 e. The normalized spacial score (nSPS) is 17.6. The largest absolute Gasteiger partial charge is 0.394 e. The Labute approximate surface area is 258 Å². The minimum Gasteiger partial charge on any atom is -0.394 e. The van der Waals surface area contributed by atoms with Crippen molar-refractivity contribution in [3.63, 3.8) is 0 Å². The number of aromatic nitrogens is 1. The first kappa shape index (κ1) is 33.0. The molecule has 2 aromatic carbocycles. The van der Waals surface area contributed by atoms with E-state index >= 15 is 0 Å². The molecule has 0 atom stereocenters. The lowest BCUT2D eigenvalue weighted by Gasteiger charge is -2.28. The first-order chi connectivity index (χ1) is 20.5. The molecule has 1 aliphatic rings.